The van der Waals surface area contributed by atoms with Crippen molar-refractivity contribution in [1.82, 2.24) is 29.4 Å². The second kappa shape index (κ2) is 11.3. The number of alkyl halides is 3. The average molecular weight is 598 g/mol. The summed E-state index contributed by atoms with van der Waals surface area (Å²) in [5.41, 5.74) is 0.528. The minimum atomic E-state index is -4.53. The highest BCUT2D eigenvalue weighted by atomic mass is 19.4. The van der Waals surface area contributed by atoms with Gasteiger partial charge in [0.15, 0.2) is 12.3 Å². The van der Waals surface area contributed by atoms with E-state index in [2.05, 4.69) is 20.4 Å². The van der Waals surface area contributed by atoms with Gasteiger partial charge in [-0.1, -0.05) is 13.8 Å². The fourth-order valence-corrected chi connectivity index (χ4v) is 5.88. The van der Waals surface area contributed by atoms with Gasteiger partial charge < -0.3 is 29.3 Å². The Morgan fingerprint density at radius 1 is 1.07 bits per heavy atom. The van der Waals surface area contributed by atoms with Crippen LogP contribution in [0.1, 0.15) is 78.2 Å². The van der Waals surface area contributed by atoms with Crippen LogP contribution in [0.4, 0.5) is 28.7 Å². The molecule has 3 aliphatic heterocycles. The Kier molecular flexibility index (Phi) is 8.05. The smallest absolute Gasteiger partial charge is 0.422 e. The molecule has 3 unspecified atom stereocenters. The Morgan fingerprint density at radius 2 is 1.76 bits per heavy atom. The van der Waals surface area contributed by atoms with Crippen LogP contribution in [-0.4, -0.2) is 97.3 Å². The maximum atomic E-state index is 13.2. The summed E-state index contributed by atoms with van der Waals surface area (Å²) in [6, 6.07) is -0.634. The Hall–Kier alpha value is -3.52. The molecular formula is C27H38F3N7O5. The molecule has 0 aliphatic carbocycles. The molecule has 0 spiro atoms. The van der Waals surface area contributed by atoms with Gasteiger partial charge in [0.25, 0.3) is 0 Å². The van der Waals surface area contributed by atoms with E-state index >= 15 is 0 Å². The Bertz CT molecular complexity index is 1300. The molecule has 42 heavy (non-hydrogen) atoms. The number of carbonyl (C=O) groups is 2. The summed E-state index contributed by atoms with van der Waals surface area (Å²) < 4.78 is 56.1. The maximum Gasteiger partial charge on any atom is 0.422 e. The summed E-state index contributed by atoms with van der Waals surface area (Å²) in [4.78, 5) is 37.4. The van der Waals surface area contributed by atoms with Crippen molar-refractivity contribution in [1.29, 1.82) is 0 Å². The second-order valence-electron chi connectivity index (χ2n) is 12.5. The zero-order valence-electron chi connectivity index (χ0n) is 24.5. The third kappa shape index (κ3) is 6.75. The van der Waals surface area contributed by atoms with Crippen LogP contribution in [0, 0.1) is 0 Å². The van der Waals surface area contributed by atoms with Crippen LogP contribution in [-0.2, 0) is 9.47 Å². The molecule has 0 saturated carbocycles. The van der Waals surface area contributed by atoms with E-state index in [0.29, 0.717) is 38.0 Å². The molecule has 5 heterocycles. The molecule has 232 valence electrons. The van der Waals surface area contributed by atoms with Crippen LogP contribution in [0.15, 0.2) is 6.20 Å². The predicted molar refractivity (Wildman–Crippen MR) is 144 cm³/mol. The van der Waals surface area contributed by atoms with Gasteiger partial charge in [-0.2, -0.15) is 32.8 Å². The van der Waals surface area contributed by atoms with Crippen molar-refractivity contribution in [2.24, 2.45) is 0 Å². The number of nitrogens with zero attached hydrogens (tertiary/aromatic N) is 6. The molecule has 1 N–H and O–H groups in total. The standard InChI is InChI=1S/C27H38F3N7O5/c1-15(2)20-12-31-37-21(20)33-23(40-14-27(28,29)30)34-22(37)32-16-10-17-6-7-18(11-16)36(17)25(39)41-19-8-9-35(13-19)24(38)42-26(3,4)5/h12,15-19H,6-11,13-14H2,1-5H3,(H,32,33,34). The number of hydrogen-bond donors (Lipinski definition) is 1. The van der Waals surface area contributed by atoms with E-state index in [1.54, 1.807) is 36.8 Å². The van der Waals surface area contributed by atoms with Crippen molar-refractivity contribution in [3.05, 3.63) is 11.8 Å². The molecule has 12 nitrogen and oxygen atoms in total. The van der Waals surface area contributed by atoms with E-state index in [-0.39, 0.29) is 36.0 Å². The van der Waals surface area contributed by atoms with Crippen molar-refractivity contribution >= 4 is 23.8 Å². The highest BCUT2D eigenvalue weighted by Gasteiger charge is 2.45. The summed E-state index contributed by atoms with van der Waals surface area (Å²) in [6.45, 7) is 8.54. The molecule has 2 bridgehead atoms. The number of hydrogen-bond acceptors (Lipinski definition) is 9. The number of piperidine rings is 1. The molecule has 2 amide bonds. The molecule has 2 aromatic heterocycles. The van der Waals surface area contributed by atoms with Gasteiger partial charge in [0.2, 0.25) is 5.95 Å². The number of carbonyl (C=O) groups excluding carboxylic acids is 2. The summed E-state index contributed by atoms with van der Waals surface area (Å²) in [5, 5.41) is 7.71. The van der Waals surface area contributed by atoms with Crippen LogP contribution in [0.2, 0.25) is 0 Å². The normalized spacial score (nSPS) is 24.4. The van der Waals surface area contributed by atoms with E-state index < -0.39 is 36.7 Å². The minimum Gasteiger partial charge on any atom is -0.454 e. The summed E-state index contributed by atoms with van der Waals surface area (Å²) in [5.74, 6) is 0.264. The van der Waals surface area contributed by atoms with Crippen molar-refractivity contribution in [2.75, 3.05) is 25.0 Å². The molecule has 15 heteroatoms. The fraction of sp³-hybridized carbons (Fsp3) is 0.741. The molecule has 3 atom stereocenters. The van der Waals surface area contributed by atoms with E-state index in [1.807, 2.05) is 13.8 Å². The highest BCUT2D eigenvalue weighted by Crippen LogP contribution is 2.38. The number of rotatable bonds is 6. The van der Waals surface area contributed by atoms with E-state index in [0.717, 1.165) is 18.4 Å². The molecular weight excluding hydrogens is 559 g/mol. The number of aromatic nitrogens is 4. The number of likely N-dealkylation sites (tertiary alicyclic amines) is 1. The summed E-state index contributed by atoms with van der Waals surface area (Å²) >= 11 is 0. The first-order valence-electron chi connectivity index (χ1n) is 14.4. The van der Waals surface area contributed by atoms with Crippen LogP contribution in [0.5, 0.6) is 6.01 Å². The Balaban J connectivity index is 1.23. The summed E-state index contributed by atoms with van der Waals surface area (Å²) in [7, 11) is 0. The van der Waals surface area contributed by atoms with Gasteiger partial charge in [0.1, 0.15) is 11.7 Å². The lowest BCUT2D eigenvalue weighted by Gasteiger charge is -2.39. The van der Waals surface area contributed by atoms with Crippen molar-refractivity contribution in [3.63, 3.8) is 0 Å². The SMILES string of the molecule is CC(C)c1cnn2c(NC3CC4CCC(C3)N4C(=O)OC3CCN(C(=O)OC(C)(C)C)C3)nc(OCC(F)(F)F)nc12. The number of anilines is 1. The van der Waals surface area contributed by atoms with Gasteiger partial charge in [-0.3, -0.25) is 0 Å². The zero-order chi connectivity index (χ0) is 30.4. The van der Waals surface area contributed by atoms with Gasteiger partial charge in [0.05, 0.1) is 12.7 Å². The van der Waals surface area contributed by atoms with Gasteiger partial charge in [-0.25, -0.2) is 9.59 Å². The molecule has 0 radical (unpaired) electrons. The van der Waals surface area contributed by atoms with Crippen LogP contribution in [0.3, 0.4) is 0 Å². The lowest BCUT2D eigenvalue weighted by molar-refractivity contribution is -0.154. The number of nitrogens with one attached hydrogen (secondary N) is 1. The first-order chi connectivity index (χ1) is 19.7. The molecule has 3 aliphatic rings. The number of amides is 2. The Labute approximate surface area is 241 Å². The Morgan fingerprint density at radius 3 is 2.38 bits per heavy atom. The zero-order valence-corrected chi connectivity index (χ0v) is 24.5. The maximum absolute atomic E-state index is 13.2. The number of halogens is 3. The van der Waals surface area contributed by atoms with Gasteiger partial charge in [-0.05, 0) is 52.4 Å². The average Bonchev–Trinajstić information content (AvgIpc) is 3.58. The largest absolute Gasteiger partial charge is 0.454 e. The third-order valence-corrected chi connectivity index (χ3v) is 7.70. The lowest BCUT2D eigenvalue weighted by Crippen LogP contribution is -2.50. The van der Waals surface area contributed by atoms with Crippen molar-refractivity contribution in [3.8, 4) is 6.01 Å². The number of ether oxygens (including phenoxy) is 3. The van der Waals surface area contributed by atoms with Crippen molar-refractivity contribution in [2.45, 2.75) is 109 Å². The first-order valence-corrected chi connectivity index (χ1v) is 14.4. The predicted octanol–water partition coefficient (Wildman–Crippen LogP) is 4.74. The molecule has 2 aromatic rings. The topological polar surface area (TPSA) is 123 Å². The molecule has 3 saturated heterocycles. The first kappa shape index (κ1) is 30.0. The lowest BCUT2D eigenvalue weighted by atomic mass is 9.98. The van der Waals surface area contributed by atoms with Crippen molar-refractivity contribution < 1.29 is 37.0 Å². The quantitative estimate of drug-likeness (QED) is 0.503. The van der Waals surface area contributed by atoms with Gasteiger partial charge in [0, 0.05) is 36.7 Å². The van der Waals surface area contributed by atoms with E-state index in [4.69, 9.17) is 14.2 Å². The van der Waals surface area contributed by atoms with Crippen LogP contribution >= 0.6 is 0 Å². The van der Waals surface area contributed by atoms with Gasteiger partial charge in [-0.15, -0.1) is 0 Å². The number of fused-ring (bicyclic) bond motifs is 3. The minimum absolute atomic E-state index is 0.0295. The second-order valence-corrected chi connectivity index (χ2v) is 12.5. The third-order valence-electron chi connectivity index (χ3n) is 7.70. The molecule has 5 rings (SSSR count). The fourth-order valence-electron chi connectivity index (χ4n) is 5.88. The van der Waals surface area contributed by atoms with E-state index in [9.17, 15) is 22.8 Å². The molecule has 0 aromatic carbocycles. The van der Waals surface area contributed by atoms with Gasteiger partial charge >= 0.3 is 24.4 Å². The van der Waals surface area contributed by atoms with Crippen LogP contribution in [0.25, 0.3) is 5.65 Å². The summed E-state index contributed by atoms with van der Waals surface area (Å²) in [6.07, 6.45) is -0.751. The van der Waals surface area contributed by atoms with E-state index in [1.165, 1.54) is 4.52 Å². The van der Waals surface area contributed by atoms with Crippen LogP contribution < -0.4 is 10.1 Å². The highest BCUT2D eigenvalue weighted by molar-refractivity contribution is 5.71. The molecule has 3 fully saturated rings. The monoisotopic (exact) mass is 597 g/mol.